The summed E-state index contributed by atoms with van der Waals surface area (Å²) in [5.41, 5.74) is 5.89. The highest BCUT2D eigenvalue weighted by atomic mass is 32.1. The molecule has 0 aromatic carbocycles. The van der Waals surface area contributed by atoms with Crippen molar-refractivity contribution in [3.8, 4) is 0 Å². The maximum Gasteiger partial charge on any atom is 0.341 e. The largest absolute Gasteiger partial charge is 0.481 e. The van der Waals surface area contributed by atoms with Crippen LogP contribution in [-0.4, -0.2) is 45.2 Å². The van der Waals surface area contributed by atoms with E-state index in [9.17, 15) is 19.2 Å². The van der Waals surface area contributed by atoms with Gasteiger partial charge in [0, 0.05) is 6.20 Å². The molecule has 0 bridgehead atoms. The third kappa shape index (κ3) is 4.70. The van der Waals surface area contributed by atoms with Crippen molar-refractivity contribution in [3.05, 3.63) is 34.0 Å². The molecule has 0 spiro atoms. The Morgan fingerprint density at radius 1 is 1.37 bits per heavy atom. The molecule has 144 valence electrons. The molecule has 0 unspecified atom stereocenters. The number of nitrogens with two attached hydrogens (primary N) is 1. The second kappa shape index (κ2) is 8.45. The van der Waals surface area contributed by atoms with Crippen molar-refractivity contribution in [1.82, 2.24) is 9.78 Å². The van der Waals surface area contributed by atoms with Crippen LogP contribution in [0.15, 0.2) is 12.4 Å². The fourth-order valence-electron chi connectivity index (χ4n) is 2.27. The zero-order valence-electron chi connectivity index (χ0n) is 14.6. The van der Waals surface area contributed by atoms with Gasteiger partial charge in [0.05, 0.1) is 41.8 Å². The van der Waals surface area contributed by atoms with Crippen molar-refractivity contribution in [3.63, 3.8) is 0 Å². The number of amides is 2. The normalized spacial score (nSPS) is 10.4. The summed E-state index contributed by atoms with van der Waals surface area (Å²) in [6, 6.07) is 0. The number of aliphatic carboxylic acids is 1. The third-order valence-electron chi connectivity index (χ3n) is 3.53. The van der Waals surface area contributed by atoms with Crippen LogP contribution in [0.2, 0.25) is 0 Å². The summed E-state index contributed by atoms with van der Waals surface area (Å²) < 4.78 is 6.30. The topological polar surface area (TPSA) is 154 Å². The number of aromatic nitrogens is 2. The number of ether oxygens (including phenoxy) is 1. The molecule has 2 aromatic rings. The lowest BCUT2D eigenvalue weighted by molar-refractivity contribution is -0.137. The smallest absolute Gasteiger partial charge is 0.341 e. The van der Waals surface area contributed by atoms with Gasteiger partial charge in [-0.25, -0.2) is 4.79 Å². The number of hydrogen-bond acceptors (Lipinski definition) is 7. The molecule has 0 radical (unpaired) electrons. The summed E-state index contributed by atoms with van der Waals surface area (Å²) >= 11 is 0.880. The molecule has 0 saturated heterocycles. The number of anilines is 1. The van der Waals surface area contributed by atoms with E-state index in [-0.39, 0.29) is 40.6 Å². The summed E-state index contributed by atoms with van der Waals surface area (Å²) in [5.74, 6) is -2.95. The molecule has 0 aliphatic heterocycles. The molecule has 2 heterocycles. The van der Waals surface area contributed by atoms with E-state index < -0.39 is 23.8 Å². The first-order valence-electron chi connectivity index (χ1n) is 7.90. The van der Waals surface area contributed by atoms with Crippen molar-refractivity contribution in [1.29, 1.82) is 0 Å². The number of carbonyl (C=O) groups is 4. The first kappa shape index (κ1) is 20.1. The molecule has 2 rings (SSSR count). The van der Waals surface area contributed by atoms with E-state index in [1.165, 1.54) is 17.1 Å². The number of hydrogen-bond donors (Lipinski definition) is 3. The lowest BCUT2D eigenvalue weighted by Crippen LogP contribution is -2.15. The highest BCUT2D eigenvalue weighted by Crippen LogP contribution is 2.33. The zero-order valence-corrected chi connectivity index (χ0v) is 15.5. The predicted octanol–water partition coefficient (Wildman–Crippen LogP) is 1.26. The zero-order chi connectivity index (χ0) is 20.1. The Bertz CT molecular complexity index is 901. The number of carboxylic acid groups (broad SMARTS) is 1. The summed E-state index contributed by atoms with van der Waals surface area (Å²) in [6.07, 6.45) is 2.52. The van der Waals surface area contributed by atoms with Crippen LogP contribution < -0.4 is 11.1 Å². The molecule has 0 fully saturated rings. The molecular formula is C16H18N4O6S. The van der Waals surface area contributed by atoms with E-state index in [1.807, 2.05) is 0 Å². The first-order chi connectivity index (χ1) is 12.7. The second-order valence-electron chi connectivity index (χ2n) is 5.43. The van der Waals surface area contributed by atoms with Crippen LogP contribution in [0.1, 0.15) is 49.3 Å². The average molecular weight is 394 g/mol. The molecule has 2 aromatic heterocycles. The van der Waals surface area contributed by atoms with E-state index in [2.05, 4.69) is 10.4 Å². The Morgan fingerprint density at radius 2 is 2.07 bits per heavy atom. The van der Waals surface area contributed by atoms with E-state index in [4.69, 9.17) is 15.6 Å². The van der Waals surface area contributed by atoms with Crippen LogP contribution in [0.3, 0.4) is 0 Å². The van der Waals surface area contributed by atoms with Gasteiger partial charge in [-0.05, 0) is 19.4 Å². The van der Waals surface area contributed by atoms with Gasteiger partial charge in [0.15, 0.2) is 0 Å². The Labute approximate surface area is 157 Å². The van der Waals surface area contributed by atoms with Crippen molar-refractivity contribution < 1.29 is 29.0 Å². The molecule has 11 heteroatoms. The molecule has 0 saturated carbocycles. The quantitative estimate of drug-likeness (QED) is 0.569. The highest BCUT2D eigenvalue weighted by Gasteiger charge is 2.26. The van der Waals surface area contributed by atoms with Crippen molar-refractivity contribution in [2.75, 3.05) is 11.9 Å². The number of carbonyl (C=O) groups excluding carboxylic acids is 3. The number of nitrogens with zero attached hydrogens (tertiary/aromatic N) is 2. The molecule has 4 N–H and O–H groups in total. The number of esters is 1. The summed E-state index contributed by atoms with van der Waals surface area (Å²) in [6.45, 7) is 3.42. The number of carboxylic acids is 1. The highest BCUT2D eigenvalue weighted by molar-refractivity contribution is 7.18. The van der Waals surface area contributed by atoms with Gasteiger partial charge in [0.25, 0.3) is 11.8 Å². The number of thiophene rings is 1. The minimum Gasteiger partial charge on any atom is -0.481 e. The summed E-state index contributed by atoms with van der Waals surface area (Å²) in [5, 5.41) is 15.3. The van der Waals surface area contributed by atoms with Gasteiger partial charge in [-0.3, -0.25) is 19.1 Å². The van der Waals surface area contributed by atoms with Crippen LogP contribution >= 0.6 is 11.3 Å². The summed E-state index contributed by atoms with van der Waals surface area (Å²) in [4.78, 5) is 47.0. The SMILES string of the molecule is CCOC(=O)c1c(NC(=O)c2cnn(CCC(=O)O)c2)sc(C(N)=O)c1C. The lowest BCUT2D eigenvalue weighted by Gasteiger charge is -2.06. The number of primary amides is 1. The monoisotopic (exact) mass is 394 g/mol. The molecule has 0 atom stereocenters. The van der Waals surface area contributed by atoms with Gasteiger partial charge in [-0.1, -0.05) is 0 Å². The number of aryl methyl sites for hydroxylation is 1. The molecular weight excluding hydrogens is 376 g/mol. The second-order valence-corrected chi connectivity index (χ2v) is 6.46. The minimum absolute atomic E-state index is 0.0715. The standard InChI is InChI=1S/C16H18N4O6S/c1-3-26-16(25)11-8(2)12(13(17)23)27-15(11)19-14(24)9-6-18-20(7-9)5-4-10(21)22/h6-7H,3-5H2,1-2H3,(H2,17,23)(H,19,24)(H,21,22). The minimum atomic E-state index is -0.983. The Balaban J connectivity index is 2.26. The van der Waals surface area contributed by atoms with E-state index in [0.29, 0.717) is 5.56 Å². The van der Waals surface area contributed by atoms with Crippen LogP contribution in [0.4, 0.5) is 5.00 Å². The van der Waals surface area contributed by atoms with Gasteiger partial charge >= 0.3 is 11.9 Å². The van der Waals surface area contributed by atoms with Gasteiger partial charge in [-0.2, -0.15) is 5.10 Å². The van der Waals surface area contributed by atoms with Gasteiger partial charge in [-0.15, -0.1) is 11.3 Å². The van der Waals surface area contributed by atoms with Crippen molar-refractivity contribution in [2.24, 2.45) is 5.73 Å². The maximum atomic E-state index is 12.4. The van der Waals surface area contributed by atoms with Crippen LogP contribution in [0.25, 0.3) is 0 Å². The molecule has 27 heavy (non-hydrogen) atoms. The van der Waals surface area contributed by atoms with E-state index >= 15 is 0 Å². The summed E-state index contributed by atoms with van der Waals surface area (Å²) in [7, 11) is 0. The number of nitrogens with one attached hydrogen (secondary N) is 1. The molecule has 2 amide bonds. The third-order valence-corrected chi connectivity index (χ3v) is 4.75. The van der Waals surface area contributed by atoms with Gasteiger partial charge in [0.2, 0.25) is 0 Å². The lowest BCUT2D eigenvalue weighted by atomic mass is 10.1. The van der Waals surface area contributed by atoms with E-state index in [1.54, 1.807) is 13.8 Å². The fraction of sp³-hybridized carbons (Fsp3) is 0.312. The van der Waals surface area contributed by atoms with Crippen LogP contribution in [0, 0.1) is 6.92 Å². The maximum absolute atomic E-state index is 12.4. The Kier molecular flexibility index (Phi) is 6.29. The fourth-order valence-corrected chi connectivity index (χ4v) is 3.32. The first-order valence-corrected chi connectivity index (χ1v) is 8.72. The molecule has 0 aliphatic carbocycles. The molecule has 0 aliphatic rings. The Morgan fingerprint density at radius 3 is 2.67 bits per heavy atom. The van der Waals surface area contributed by atoms with Gasteiger partial charge < -0.3 is 20.9 Å². The van der Waals surface area contributed by atoms with Crippen molar-refractivity contribution in [2.45, 2.75) is 26.8 Å². The molecule has 10 nitrogen and oxygen atoms in total. The van der Waals surface area contributed by atoms with E-state index in [0.717, 1.165) is 11.3 Å². The van der Waals surface area contributed by atoms with Crippen LogP contribution in [0.5, 0.6) is 0 Å². The number of rotatable bonds is 8. The average Bonchev–Trinajstić information content (AvgIpc) is 3.18. The van der Waals surface area contributed by atoms with Gasteiger partial charge in [0.1, 0.15) is 5.00 Å². The van der Waals surface area contributed by atoms with Crippen molar-refractivity contribution >= 4 is 40.1 Å². The van der Waals surface area contributed by atoms with Crippen LogP contribution in [-0.2, 0) is 16.1 Å². The Hall–Kier alpha value is -3.21. The predicted molar refractivity (Wildman–Crippen MR) is 96.0 cm³/mol.